The number of ether oxygens (including phenoxy) is 1. The maximum absolute atomic E-state index is 12.6. The fraction of sp³-hybridized carbons (Fsp3) is 0.250. The standard InChI is InChI=1S/C20H19N3O5S/c1-3-13-7-8-16-17(11-13)29-20(22(16)10-9-18(24)28-2)21-19(25)14-5-4-6-15(12-14)23(26)27/h4-8,11-12H,3,9-10H2,1-2H3. The second-order valence-corrected chi connectivity index (χ2v) is 7.25. The number of esters is 1. The van der Waals surface area contributed by atoms with E-state index in [4.69, 9.17) is 4.74 Å². The number of hydrogen-bond donors (Lipinski definition) is 0. The number of amides is 1. The maximum Gasteiger partial charge on any atom is 0.307 e. The van der Waals surface area contributed by atoms with Gasteiger partial charge in [-0.25, -0.2) is 0 Å². The first-order valence-corrected chi connectivity index (χ1v) is 9.77. The fourth-order valence-electron chi connectivity index (χ4n) is 2.85. The molecule has 1 aromatic heterocycles. The Labute approximate surface area is 170 Å². The average Bonchev–Trinajstić information content (AvgIpc) is 3.07. The Morgan fingerprint density at radius 2 is 2.03 bits per heavy atom. The lowest BCUT2D eigenvalue weighted by molar-refractivity contribution is -0.384. The molecule has 150 valence electrons. The van der Waals surface area contributed by atoms with Crippen LogP contribution in [-0.4, -0.2) is 28.5 Å². The Kier molecular flexibility index (Phi) is 6.18. The van der Waals surface area contributed by atoms with E-state index in [1.165, 1.54) is 42.7 Å². The van der Waals surface area contributed by atoms with E-state index in [1.807, 2.05) is 18.2 Å². The minimum Gasteiger partial charge on any atom is -0.469 e. The molecule has 1 amide bonds. The molecule has 0 bridgehead atoms. The lowest BCUT2D eigenvalue weighted by Gasteiger charge is -2.05. The van der Waals surface area contributed by atoms with Crippen LogP contribution in [0.1, 0.15) is 29.3 Å². The van der Waals surface area contributed by atoms with Crippen molar-refractivity contribution in [3.05, 3.63) is 68.5 Å². The lowest BCUT2D eigenvalue weighted by Crippen LogP contribution is -2.19. The summed E-state index contributed by atoms with van der Waals surface area (Å²) in [5.74, 6) is -0.944. The van der Waals surface area contributed by atoms with Gasteiger partial charge in [0.15, 0.2) is 4.80 Å². The molecule has 0 N–H and O–H groups in total. The third kappa shape index (κ3) is 4.57. The van der Waals surface area contributed by atoms with Crippen LogP contribution in [0.3, 0.4) is 0 Å². The number of thiazole rings is 1. The number of carbonyl (C=O) groups excluding carboxylic acids is 2. The van der Waals surface area contributed by atoms with Crippen LogP contribution in [0.4, 0.5) is 5.69 Å². The largest absolute Gasteiger partial charge is 0.469 e. The van der Waals surface area contributed by atoms with Gasteiger partial charge < -0.3 is 9.30 Å². The second kappa shape index (κ2) is 8.78. The summed E-state index contributed by atoms with van der Waals surface area (Å²) in [5, 5.41) is 11.0. The van der Waals surface area contributed by atoms with Gasteiger partial charge in [-0.2, -0.15) is 4.99 Å². The van der Waals surface area contributed by atoms with E-state index in [9.17, 15) is 19.7 Å². The molecule has 0 spiro atoms. The van der Waals surface area contributed by atoms with Gasteiger partial charge in [0.2, 0.25) is 0 Å². The predicted octanol–water partition coefficient (Wildman–Crippen LogP) is 3.48. The molecule has 3 rings (SSSR count). The topological polar surface area (TPSA) is 104 Å². The molecule has 0 saturated heterocycles. The summed E-state index contributed by atoms with van der Waals surface area (Å²) >= 11 is 1.34. The van der Waals surface area contributed by atoms with Crippen LogP contribution in [-0.2, 0) is 22.5 Å². The number of rotatable bonds is 6. The quantitative estimate of drug-likeness (QED) is 0.350. The third-order valence-electron chi connectivity index (χ3n) is 4.42. The minimum atomic E-state index is -0.581. The Balaban J connectivity index is 2.08. The Morgan fingerprint density at radius 3 is 2.72 bits per heavy atom. The number of fused-ring (bicyclic) bond motifs is 1. The normalized spacial score (nSPS) is 11.6. The van der Waals surface area contributed by atoms with Gasteiger partial charge in [-0.1, -0.05) is 30.4 Å². The van der Waals surface area contributed by atoms with Crippen LogP contribution in [0, 0.1) is 10.1 Å². The Hall–Kier alpha value is -3.33. The lowest BCUT2D eigenvalue weighted by atomic mass is 10.2. The van der Waals surface area contributed by atoms with E-state index in [0.717, 1.165) is 22.2 Å². The van der Waals surface area contributed by atoms with Crippen molar-refractivity contribution >= 4 is 39.1 Å². The number of non-ortho nitro benzene ring substituents is 1. The maximum atomic E-state index is 12.6. The summed E-state index contributed by atoms with van der Waals surface area (Å²) in [6.45, 7) is 2.36. The summed E-state index contributed by atoms with van der Waals surface area (Å²) in [4.78, 5) is 39.3. The molecule has 0 aliphatic carbocycles. The number of nitrogens with zero attached hydrogens (tertiary/aromatic N) is 3. The Bertz CT molecular complexity index is 1160. The number of aromatic nitrogens is 1. The molecule has 0 fully saturated rings. The van der Waals surface area contributed by atoms with Gasteiger partial charge in [-0.15, -0.1) is 0 Å². The smallest absolute Gasteiger partial charge is 0.307 e. The monoisotopic (exact) mass is 413 g/mol. The molecule has 0 saturated carbocycles. The van der Waals surface area contributed by atoms with Crippen molar-refractivity contribution in [1.82, 2.24) is 4.57 Å². The fourth-order valence-corrected chi connectivity index (χ4v) is 3.97. The van der Waals surface area contributed by atoms with Gasteiger partial charge >= 0.3 is 5.97 Å². The number of benzene rings is 2. The average molecular weight is 413 g/mol. The van der Waals surface area contributed by atoms with Crippen LogP contribution in [0.5, 0.6) is 0 Å². The van der Waals surface area contributed by atoms with Crippen LogP contribution >= 0.6 is 11.3 Å². The first kappa shape index (κ1) is 20.4. The van der Waals surface area contributed by atoms with Crippen molar-refractivity contribution in [1.29, 1.82) is 0 Å². The molecule has 0 radical (unpaired) electrons. The molecule has 0 unspecified atom stereocenters. The highest BCUT2D eigenvalue weighted by molar-refractivity contribution is 7.16. The third-order valence-corrected chi connectivity index (χ3v) is 5.46. The molecule has 0 aliphatic heterocycles. The summed E-state index contributed by atoms with van der Waals surface area (Å²) < 4.78 is 7.45. The number of nitro groups is 1. The zero-order valence-electron chi connectivity index (χ0n) is 16.0. The van der Waals surface area contributed by atoms with Crippen molar-refractivity contribution in [2.45, 2.75) is 26.3 Å². The predicted molar refractivity (Wildman–Crippen MR) is 109 cm³/mol. The summed E-state index contributed by atoms with van der Waals surface area (Å²) in [7, 11) is 1.32. The van der Waals surface area contributed by atoms with E-state index in [1.54, 1.807) is 4.57 Å². The minimum absolute atomic E-state index is 0.130. The number of methoxy groups -OCH3 is 1. The molecule has 8 nitrogen and oxygen atoms in total. The first-order chi connectivity index (χ1) is 13.9. The van der Waals surface area contributed by atoms with Crippen molar-refractivity contribution in [2.75, 3.05) is 7.11 Å². The van der Waals surface area contributed by atoms with Gasteiger partial charge in [0, 0.05) is 24.2 Å². The number of nitro benzene ring substituents is 1. The SMILES string of the molecule is CCc1ccc2c(c1)sc(=NC(=O)c1cccc([N+](=O)[O-])c1)n2CCC(=O)OC. The zero-order valence-corrected chi connectivity index (χ0v) is 16.8. The molecule has 0 atom stereocenters. The van der Waals surface area contributed by atoms with Gasteiger partial charge in [0.1, 0.15) is 0 Å². The van der Waals surface area contributed by atoms with Gasteiger partial charge in [-0.05, 0) is 30.2 Å². The summed E-state index contributed by atoms with van der Waals surface area (Å²) in [6.07, 6.45) is 1.01. The van der Waals surface area contributed by atoms with Crippen LogP contribution in [0.2, 0.25) is 0 Å². The van der Waals surface area contributed by atoms with Crippen molar-refractivity contribution in [3.8, 4) is 0 Å². The first-order valence-electron chi connectivity index (χ1n) is 8.95. The van der Waals surface area contributed by atoms with E-state index in [2.05, 4.69) is 11.9 Å². The van der Waals surface area contributed by atoms with Gasteiger partial charge in [-0.3, -0.25) is 19.7 Å². The molecule has 3 aromatic rings. The van der Waals surface area contributed by atoms with E-state index in [0.29, 0.717) is 11.3 Å². The van der Waals surface area contributed by atoms with Crippen LogP contribution in [0.25, 0.3) is 10.2 Å². The van der Waals surface area contributed by atoms with Crippen LogP contribution < -0.4 is 4.80 Å². The summed E-state index contributed by atoms with van der Waals surface area (Å²) in [5.41, 5.74) is 1.97. The molecule has 2 aromatic carbocycles. The van der Waals surface area contributed by atoms with E-state index < -0.39 is 10.8 Å². The van der Waals surface area contributed by atoms with Crippen molar-refractivity contribution < 1.29 is 19.2 Å². The molecule has 0 aliphatic rings. The van der Waals surface area contributed by atoms with E-state index in [-0.39, 0.29) is 23.6 Å². The van der Waals surface area contributed by atoms with Gasteiger partial charge in [0.25, 0.3) is 11.6 Å². The summed E-state index contributed by atoms with van der Waals surface area (Å²) in [6, 6.07) is 11.4. The highest BCUT2D eigenvalue weighted by Crippen LogP contribution is 2.20. The Morgan fingerprint density at radius 1 is 1.24 bits per heavy atom. The van der Waals surface area contributed by atoms with Crippen LogP contribution in [0.15, 0.2) is 47.5 Å². The second-order valence-electron chi connectivity index (χ2n) is 6.24. The zero-order chi connectivity index (χ0) is 21.0. The number of aryl methyl sites for hydroxylation is 2. The number of hydrogen-bond acceptors (Lipinski definition) is 6. The molecule has 1 heterocycles. The highest BCUT2D eigenvalue weighted by Gasteiger charge is 2.14. The van der Waals surface area contributed by atoms with Crippen molar-refractivity contribution in [3.63, 3.8) is 0 Å². The molecule has 29 heavy (non-hydrogen) atoms. The molecular formula is C20H19N3O5S. The molecular weight excluding hydrogens is 394 g/mol. The number of carbonyl (C=O) groups is 2. The highest BCUT2D eigenvalue weighted by atomic mass is 32.1. The molecule has 9 heteroatoms. The van der Waals surface area contributed by atoms with E-state index >= 15 is 0 Å². The van der Waals surface area contributed by atoms with Crippen molar-refractivity contribution in [2.24, 2.45) is 4.99 Å². The van der Waals surface area contributed by atoms with Gasteiger partial charge in [0.05, 0.1) is 28.7 Å².